The number of carbonyl (C=O) groups is 1. The first kappa shape index (κ1) is 27.1. The Morgan fingerprint density at radius 3 is 2.26 bits per heavy atom. The number of anilines is 1. The van der Waals surface area contributed by atoms with Crippen molar-refractivity contribution in [1.29, 1.82) is 0 Å². The van der Waals surface area contributed by atoms with Crippen LogP contribution in [0.3, 0.4) is 0 Å². The minimum atomic E-state index is -5.01. The number of fused-ring (bicyclic) bond motifs is 1. The van der Waals surface area contributed by atoms with Crippen LogP contribution in [0, 0.1) is 0 Å². The van der Waals surface area contributed by atoms with E-state index >= 15 is 0 Å². The molecule has 1 N–H and O–H groups in total. The molecule has 0 aliphatic carbocycles. The molecule has 4 rings (SSSR count). The van der Waals surface area contributed by atoms with E-state index in [1.165, 1.54) is 24.3 Å². The zero-order valence-corrected chi connectivity index (χ0v) is 21.4. The van der Waals surface area contributed by atoms with Crippen molar-refractivity contribution in [3.05, 3.63) is 93.3 Å². The third-order valence-electron chi connectivity index (χ3n) is 5.54. The summed E-state index contributed by atoms with van der Waals surface area (Å²) in [6.45, 7) is 5.52. The first-order chi connectivity index (χ1) is 17.8. The molecule has 3 aromatic carbocycles. The lowest BCUT2D eigenvalue weighted by Gasteiger charge is -2.19. The molecule has 4 aromatic rings. The Kier molecular flexibility index (Phi) is 7.42. The summed E-state index contributed by atoms with van der Waals surface area (Å²) in [5, 5.41) is 2.75. The Balaban J connectivity index is 1.60. The number of rotatable bonds is 6. The summed E-state index contributed by atoms with van der Waals surface area (Å²) in [6, 6.07) is 16.7. The molecule has 38 heavy (non-hydrogen) atoms. The van der Waals surface area contributed by atoms with E-state index in [1.54, 1.807) is 36.4 Å². The van der Waals surface area contributed by atoms with Crippen LogP contribution in [0.15, 0.2) is 75.9 Å². The molecule has 0 unspecified atom stereocenters. The predicted octanol–water partition coefficient (Wildman–Crippen LogP) is 7.57. The summed E-state index contributed by atoms with van der Waals surface area (Å²) in [7, 11) is 0. The molecular weight excluding hydrogens is 523 g/mol. The summed E-state index contributed by atoms with van der Waals surface area (Å²) in [5.74, 6) is -3.02. The molecule has 0 bridgehead atoms. The Labute approximate surface area is 220 Å². The highest BCUT2D eigenvalue weighted by Crippen LogP contribution is 2.39. The lowest BCUT2D eigenvalue weighted by atomic mass is 9.87. The topological polar surface area (TPSA) is 77.8 Å². The summed E-state index contributed by atoms with van der Waals surface area (Å²) >= 11 is 6.01. The maximum atomic E-state index is 13.9. The Bertz CT molecular complexity index is 1540. The molecule has 0 aliphatic rings. The van der Waals surface area contributed by atoms with E-state index in [2.05, 4.69) is 5.32 Å². The third-order valence-corrected chi connectivity index (χ3v) is 5.87. The van der Waals surface area contributed by atoms with Gasteiger partial charge in [-0.2, -0.15) is 13.2 Å². The predicted molar refractivity (Wildman–Crippen MR) is 138 cm³/mol. The van der Waals surface area contributed by atoms with Crippen molar-refractivity contribution in [2.45, 2.75) is 32.4 Å². The highest BCUT2D eigenvalue weighted by Gasteiger charge is 2.40. The Morgan fingerprint density at radius 2 is 1.63 bits per heavy atom. The number of halogens is 4. The van der Waals surface area contributed by atoms with E-state index in [0.29, 0.717) is 10.7 Å². The minimum absolute atomic E-state index is 0.0227. The molecule has 10 heteroatoms. The van der Waals surface area contributed by atoms with Crippen molar-refractivity contribution < 1.29 is 31.9 Å². The van der Waals surface area contributed by atoms with E-state index in [1.807, 2.05) is 20.8 Å². The molecule has 198 valence electrons. The molecule has 0 saturated carbocycles. The molecular formula is C28H23ClF3NO5. The number of alkyl halides is 3. The average molecular weight is 546 g/mol. The average Bonchev–Trinajstić information content (AvgIpc) is 2.85. The van der Waals surface area contributed by atoms with Gasteiger partial charge in [0.2, 0.25) is 11.2 Å². The van der Waals surface area contributed by atoms with Crippen molar-refractivity contribution in [3.8, 4) is 17.2 Å². The number of nitrogens with one attached hydrogen (secondary N) is 1. The van der Waals surface area contributed by atoms with Gasteiger partial charge in [-0.25, -0.2) is 0 Å². The van der Waals surface area contributed by atoms with Crippen LogP contribution >= 0.6 is 11.6 Å². The van der Waals surface area contributed by atoms with Gasteiger partial charge in [-0.05, 0) is 47.4 Å². The molecule has 0 atom stereocenters. The van der Waals surface area contributed by atoms with Crippen molar-refractivity contribution >= 4 is 34.2 Å². The van der Waals surface area contributed by atoms with E-state index in [-0.39, 0.29) is 27.9 Å². The van der Waals surface area contributed by atoms with Crippen molar-refractivity contribution in [3.63, 3.8) is 0 Å². The molecule has 0 fully saturated rings. The smallest absolute Gasteiger partial charge is 0.453 e. The van der Waals surface area contributed by atoms with Crippen LogP contribution < -0.4 is 20.2 Å². The number of hydrogen-bond acceptors (Lipinski definition) is 5. The fraction of sp³-hybridized carbons (Fsp3) is 0.214. The second-order valence-electron chi connectivity index (χ2n) is 9.44. The van der Waals surface area contributed by atoms with Crippen LogP contribution in [-0.2, 0) is 16.4 Å². The zero-order chi connectivity index (χ0) is 27.7. The quantitative estimate of drug-likeness (QED) is 0.270. The van der Waals surface area contributed by atoms with E-state index < -0.39 is 35.6 Å². The highest BCUT2D eigenvalue weighted by atomic mass is 35.5. The third kappa shape index (κ3) is 6.11. The lowest BCUT2D eigenvalue weighted by molar-refractivity contribution is -0.154. The van der Waals surface area contributed by atoms with Crippen LogP contribution in [0.25, 0.3) is 11.0 Å². The lowest BCUT2D eigenvalue weighted by Crippen LogP contribution is -2.20. The molecule has 1 amide bonds. The number of ether oxygens (including phenoxy) is 2. The fourth-order valence-electron chi connectivity index (χ4n) is 3.56. The summed E-state index contributed by atoms with van der Waals surface area (Å²) in [6.07, 6.45) is -5.01. The van der Waals surface area contributed by atoms with Gasteiger partial charge in [-0.3, -0.25) is 9.59 Å². The second kappa shape index (κ2) is 10.4. The van der Waals surface area contributed by atoms with E-state index in [9.17, 15) is 22.8 Å². The largest absolute Gasteiger partial charge is 0.484 e. The summed E-state index contributed by atoms with van der Waals surface area (Å²) in [5.41, 5.74) is -0.224. The van der Waals surface area contributed by atoms with Crippen molar-refractivity contribution in [1.82, 2.24) is 0 Å². The maximum Gasteiger partial charge on any atom is 0.453 e. The molecule has 0 radical (unpaired) electrons. The SMILES string of the molecule is CC(C)(C)c1ccc(Oc2c(C(F)(F)F)oc3cc(OCC(=O)Nc4ccccc4Cl)ccc3c2=O)cc1. The van der Waals surface area contributed by atoms with Crippen LogP contribution in [0.5, 0.6) is 17.2 Å². The van der Waals surface area contributed by atoms with Crippen LogP contribution in [0.1, 0.15) is 32.1 Å². The van der Waals surface area contributed by atoms with Gasteiger partial charge in [0.15, 0.2) is 6.61 Å². The standard InChI is InChI=1S/C28H23ClF3NO5/c1-27(2,3)16-8-10-17(11-9-16)37-25-24(35)19-13-12-18(14-22(19)38-26(25)28(30,31)32)36-15-23(34)33-21-7-5-4-6-20(21)29/h4-14H,15H2,1-3H3,(H,33,34). The normalized spacial score (nSPS) is 11.9. The van der Waals surface area contributed by atoms with Gasteiger partial charge < -0.3 is 19.2 Å². The summed E-state index contributed by atoms with van der Waals surface area (Å²) in [4.78, 5) is 25.2. The van der Waals surface area contributed by atoms with Gasteiger partial charge in [-0.1, -0.05) is 56.6 Å². The first-order valence-electron chi connectivity index (χ1n) is 11.5. The number of amides is 1. The van der Waals surface area contributed by atoms with Gasteiger partial charge in [0, 0.05) is 6.07 Å². The van der Waals surface area contributed by atoms with Gasteiger partial charge in [0.05, 0.1) is 16.1 Å². The van der Waals surface area contributed by atoms with E-state index in [0.717, 1.165) is 11.6 Å². The minimum Gasteiger partial charge on any atom is -0.484 e. The fourth-order valence-corrected chi connectivity index (χ4v) is 3.75. The second-order valence-corrected chi connectivity index (χ2v) is 9.85. The van der Waals surface area contributed by atoms with Gasteiger partial charge >= 0.3 is 6.18 Å². The first-order valence-corrected chi connectivity index (χ1v) is 11.8. The Morgan fingerprint density at radius 1 is 0.974 bits per heavy atom. The monoisotopic (exact) mass is 545 g/mol. The molecule has 1 heterocycles. The highest BCUT2D eigenvalue weighted by molar-refractivity contribution is 6.33. The van der Waals surface area contributed by atoms with Gasteiger partial charge in [-0.15, -0.1) is 0 Å². The van der Waals surface area contributed by atoms with Gasteiger partial charge in [0.25, 0.3) is 11.7 Å². The molecule has 6 nitrogen and oxygen atoms in total. The van der Waals surface area contributed by atoms with Crippen molar-refractivity contribution in [2.24, 2.45) is 0 Å². The van der Waals surface area contributed by atoms with E-state index in [4.69, 9.17) is 25.5 Å². The number of carbonyl (C=O) groups excluding carboxylic acids is 1. The van der Waals surface area contributed by atoms with Crippen molar-refractivity contribution in [2.75, 3.05) is 11.9 Å². The van der Waals surface area contributed by atoms with Crippen LogP contribution in [0.4, 0.5) is 18.9 Å². The summed E-state index contributed by atoms with van der Waals surface area (Å²) < 4.78 is 57.5. The van der Waals surface area contributed by atoms with Crippen LogP contribution in [0.2, 0.25) is 5.02 Å². The number of para-hydroxylation sites is 1. The molecule has 0 spiro atoms. The maximum absolute atomic E-state index is 13.9. The van der Waals surface area contributed by atoms with Gasteiger partial charge in [0.1, 0.15) is 17.1 Å². The van der Waals surface area contributed by atoms with Crippen LogP contribution in [-0.4, -0.2) is 12.5 Å². The zero-order valence-electron chi connectivity index (χ0n) is 20.6. The Hall–Kier alpha value is -3.98. The molecule has 0 aliphatic heterocycles. The number of benzene rings is 3. The molecule has 0 saturated heterocycles. The number of hydrogen-bond donors (Lipinski definition) is 1. The molecule has 1 aromatic heterocycles.